The lowest BCUT2D eigenvalue weighted by Gasteiger charge is -2.14. The first-order chi connectivity index (χ1) is 12.1. The molecule has 2 rings (SSSR count). The third kappa shape index (κ3) is 4.94. The van der Waals surface area contributed by atoms with E-state index in [1.807, 2.05) is 62.4 Å². The van der Waals surface area contributed by atoms with Gasteiger partial charge in [-0.05, 0) is 42.2 Å². The van der Waals surface area contributed by atoms with Crippen LogP contribution >= 0.6 is 15.9 Å². The molecule has 0 saturated carbocycles. The van der Waals surface area contributed by atoms with Crippen LogP contribution in [0.5, 0.6) is 0 Å². The highest BCUT2D eigenvalue weighted by Gasteiger charge is 2.13. The topological polar surface area (TPSA) is 64.9 Å². The number of carbonyl (C=O) groups excluding carboxylic acids is 1. The summed E-state index contributed by atoms with van der Waals surface area (Å²) in [5, 5.41) is 15.2. The molecule has 1 amide bonds. The van der Waals surface area contributed by atoms with Crippen molar-refractivity contribution < 1.29 is 4.79 Å². The Morgan fingerprint density at radius 1 is 1.16 bits per heavy atom. The molecule has 2 N–H and O–H groups in total. The van der Waals surface area contributed by atoms with E-state index in [-0.39, 0.29) is 5.57 Å². The van der Waals surface area contributed by atoms with Crippen LogP contribution in [0.4, 0.5) is 11.4 Å². The van der Waals surface area contributed by atoms with Gasteiger partial charge in [-0.2, -0.15) is 5.26 Å². The van der Waals surface area contributed by atoms with Gasteiger partial charge < -0.3 is 10.6 Å². The molecule has 4 nitrogen and oxygen atoms in total. The summed E-state index contributed by atoms with van der Waals surface area (Å²) in [4.78, 5) is 12.5. The number of aryl methyl sites for hydroxylation is 2. The molecular formula is C20H20BrN3O. The van der Waals surface area contributed by atoms with E-state index in [0.29, 0.717) is 0 Å². The molecule has 0 fully saturated rings. The fraction of sp³-hybridized carbons (Fsp3) is 0.200. The van der Waals surface area contributed by atoms with Gasteiger partial charge in [0.25, 0.3) is 5.91 Å². The van der Waals surface area contributed by atoms with Gasteiger partial charge in [-0.1, -0.05) is 54.0 Å². The molecule has 0 heterocycles. The van der Waals surface area contributed by atoms with Crippen molar-refractivity contribution in [3.05, 3.63) is 69.8 Å². The highest BCUT2D eigenvalue weighted by atomic mass is 79.9. The highest BCUT2D eigenvalue weighted by Crippen LogP contribution is 2.23. The summed E-state index contributed by atoms with van der Waals surface area (Å²) in [6.45, 7) is 4.08. The van der Waals surface area contributed by atoms with Gasteiger partial charge in [0.1, 0.15) is 11.6 Å². The van der Waals surface area contributed by atoms with Gasteiger partial charge >= 0.3 is 0 Å². The third-order valence-electron chi connectivity index (χ3n) is 3.81. The van der Waals surface area contributed by atoms with Crippen molar-refractivity contribution in [3.63, 3.8) is 0 Å². The SMILES string of the molecule is CCc1cccc(CC)c1NC(=O)/C(C#N)=C\Nc1cccc(Br)c1. The van der Waals surface area contributed by atoms with E-state index in [1.54, 1.807) is 0 Å². The molecule has 25 heavy (non-hydrogen) atoms. The number of nitrogens with zero attached hydrogens (tertiary/aromatic N) is 1. The van der Waals surface area contributed by atoms with Crippen molar-refractivity contribution in [3.8, 4) is 6.07 Å². The number of rotatable bonds is 6. The number of amides is 1. The molecule has 128 valence electrons. The van der Waals surface area contributed by atoms with Gasteiger partial charge in [-0.3, -0.25) is 4.79 Å². The van der Waals surface area contributed by atoms with Crippen molar-refractivity contribution in [2.24, 2.45) is 0 Å². The average molecular weight is 398 g/mol. The Bertz CT molecular complexity index is 815. The van der Waals surface area contributed by atoms with Crippen LogP contribution in [0.2, 0.25) is 0 Å². The normalized spacial score (nSPS) is 10.9. The van der Waals surface area contributed by atoms with Crippen LogP contribution in [-0.2, 0) is 17.6 Å². The van der Waals surface area contributed by atoms with Gasteiger partial charge in [0.05, 0.1) is 0 Å². The van der Waals surface area contributed by atoms with Crippen LogP contribution in [0.3, 0.4) is 0 Å². The second-order valence-electron chi connectivity index (χ2n) is 5.44. The van der Waals surface area contributed by atoms with Crippen LogP contribution in [0.1, 0.15) is 25.0 Å². The minimum Gasteiger partial charge on any atom is -0.360 e. The Morgan fingerprint density at radius 3 is 2.36 bits per heavy atom. The molecule has 0 saturated heterocycles. The van der Waals surface area contributed by atoms with Crippen LogP contribution in [-0.4, -0.2) is 5.91 Å². The van der Waals surface area contributed by atoms with E-state index in [9.17, 15) is 10.1 Å². The third-order valence-corrected chi connectivity index (χ3v) is 4.30. The van der Waals surface area contributed by atoms with E-state index in [1.165, 1.54) is 6.20 Å². The van der Waals surface area contributed by atoms with E-state index in [0.717, 1.165) is 39.8 Å². The summed E-state index contributed by atoms with van der Waals surface area (Å²) in [5.41, 5.74) is 3.74. The van der Waals surface area contributed by atoms with E-state index < -0.39 is 5.91 Å². The lowest BCUT2D eigenvalue weighted by molar-refractivity contribution is -0.112. The number of anilines is 2. The number of benzene rings is 2. The van der Waals surface area contributed by atoms with Crippen molar-refractivity contribution in [1.29, 1.82) is 5.26 Å². The Balaban J connectivity index is 2.21. The standard InChI is InChI=1S/C20H20BrN3O/c1-3-14-7-5-8-15(4-2)19(14)24-20(25)16(12-22)13-23-18-10-6-9-17(21)11-18/h5-11,13,23H,3-4H2,1-2H3,(H,24,25)/b16-13-. The number of carbonyl (C=O) groups is 1. The molecule has 0 bridgehead atoms. The lowest BCUT2D eigenvalue weighted by Crippen LogP contribution is -2.17. The summed E-state index contributed by atoms with van der Waals surface area (Å²) in [5.74, 6) is -0.416. The molecule has 0 aliphatic carbocycles. The Hall–Kier alpha value is -2.58. The summed E-state index contributed by atoms with van der Waals surface area (Å²) in [6, 6.07) is 15.4. The van der Waals surface area contributed by atoms with Gasteiger partial charge in [0, 0.05) is 22.0 Å². The van der Waals surface area contributed by atoms with Crippen molar-refractivity contribution in [1.82, 2.24) is 0 Å². The van der Waals surface area contributed by atoms with Gasteiger partial charge in [0.2, 0.25) is 0 Å². The molecule has 0 radical (unpaired) electrons. The first kappa shape index (κ1) is 18.8. The molecule has 2 aromatic rings. The predicted molar refractivity (Wildman–Crippen MR) is 105 cm³/mol. The quantitative estimate of drug-likeness (QED) is 0.530. The van der Waals surface area contributed by atoms with Crippen LogP contribution in [0.15, 0.2) is 58.7 Å². The molecule has 2 aromatic carbocycles. The minimum absolute atomic E-state index is 0.0212. The highest BCUT2D eigenvalue weighted by molar-refractivity contribution is 9.10. The molecular weight excluding hydrogens is 378 g/mol. The molecule has 0 aliphatic rings. The molecule has 5 heteroatoms. The summed E-state index contributed by atoms with van der Waals surface area (Å²) >= 11 is 3.39. The molecule has 0 aliphatic heterocycles. The smallest absolute Gasteiger partial charge is 0.267 e. The van der Waals surface area contributed by atoms with E-state index >= 15 is 0 Å². The zero-order valence-corrected chi connectivity index (χ0v) is 15.9. The van der Waals surface area contributed by atoms with Crippen molar-refractivity contribution >= 4 is 33.2 Å². The number of nitrogens with one attached hydrogen (secondary N) is 2. The predicted octanol–water partition coefficient (Wildman–Crippen LogP) is 5.03. The maximum atomic E-state index is 12.5. The second-order valence-corrected chi connectivity index (χ2v) is 6.35. The second kappa shape index (κ2) is 9.05. The fourth-order valence-electron chi connectivity index (χ4n) is 2.47. The van der Waals surface area contributed by atoms with Gasteiger partial charge in [-0.25, -0.2) is 0 Å². The van der Waals surface area contributed by atoms with Crippen LogP contribution in [0, 0.1) is 11.3 Å². The largest absolute Gasteiger partial charge is 0.360 e. The average Bonchev–Trinajstić information content (AvgIpc) is 2.62. The molecule has 0 unspecified atom stereocenters. The zero-order chi connectivity index (χ0) is 18.2. The first-order valence-corrected chi connectivity index (χ1v) is 8.92. The monoisotopic (exact) mass is 397 g/mol. The fourth-order valence-corrected chi connectivity index (χ4v) is 2.87. The Labute approximate surface area is 156 Å². The molecule has 0 aromatic heterocycles. The number of nitriles is 1. The van der Waals surface area contributed by atoms with Crippen molar-refractivity contribution in [2.45, 2.75) is 26.7 Å². The molecule has 0 atom stereocenters. The number of para-hydroxylation sites is 1. The van der Waals surface area contributed by atoms with Crippen molar-refractivity contribution in [2.75, 3.05) is 10.6 Å². The minimum atomic E-state index is -0.416. The van der Waals surface area contributed by atoms with E-state index in [4.69, 9.17) is 0 Å². The molecule has 0 spiro atoms. The summed E-state index contributed by atoms with van der Waals surface area (Å²) in [7, 11) is 0. The Morgan fingerprint density at radius 2 is 1.80 bits per heavy atom. The van der Waals surface area contributed by atoms with Crippen LogP contribution in [0.25, 0.3) is 0 Å². The number of hydrogen-bond acceptors (Lipinski definition) is 3. The number of hydrogen-bond donors (Lipinski definition) is 2. The Kier molecular flexibility index (Phi) is 6.79. The summed E-state index contributed by atoms with van der Waals surface area (Å²) in [6.07, 6.45) is 3.05. The zero-order valence-electron chi connectivity index (χ0n) is 14.3. The number of halogens is 1. The van der Waals surface area contributed by atoms with Crippen LogP contribution < -0.4 is 10.6 Å². The van der Waals surface area contributed by atoms with Gasteiger partial charge in [0.15, 0.2) is 0 Å². The lowest BCUT2D eigenvalue weighted by atomic mass is 10.0. The van der Waals surface area contributed by atoms with E-state index in [2.05, 4.69) is 26.6 Å². The maximum Gasteiger partial charge on any atom is 0.267 e. The first-order valence-electron chi connectivity index (χ1n) is 8.13. The van der Waals surface area contributed by atoms with Gasteiger partial charge in [-0.15, -0.1) is 0 Å². The summed E-state index contributed by atoms with van der Waals surface area (Å²) < 4.78 is 0.915. The maximum absolute atomic E-state index is 12.5.